The van der Waals surface area contributed by atoms with Crippen LogP contribution in [0, 0.1) is 19.3 Å². The number of pyridine rings is 1. The summed E-state index contributed by atoms with van der Waals surface area (Å²) in [4.78, 5) is 17.2. The number of carbonyl (C=O) groups excluding carboxylic acids is 1. The van der Waals surface area contributed by atoms with Crippen LogP contribution >= 0.6 is 0 Å². The topological polar surface area (TPSA) is 81.1 Å². The van der Waals surface area contributed by atoms with Crippen molar-refractivity contribution in [3.8, 4) is 5.82 Å². The number of carbonyl (C=O) groups is 1. The van der Waals surface area contributed by atoms with E-state index in [1.165, 1.54) is 0 Å². The highest BCUT2D eigenvalue weighted by atomic mass is 16.5. The summed E-state index contributed by atoms with van der Waals surface area (Å²) in [6, 6.07) is 5.92. The number of hydrogen-bond acceptors (Lipinski definition) is 5. The van der Waals surface area contributed by atoms with Crippen molar-refractivity contribution in [3.63, 3.8) is 0 Å². The molecule has 3 rings (SSSR count). The Labute approximate surface area is 154 Å². The molecule has 2 aromatic rings. The summed E-state index contributed by atoms with van der Waals surface area (Å²) < 4.78 is 7.14. The largest absolute Gasteiger partial charge is 0.384 e. The third kappa shape index (κ3) is 3.94. The van der Waals surface area contributed by atoms with E-state index in [0.29, 0.717) is 13.2 Å². The van der Waals surface area contributed by atoms with Gasteiger partial charge in [-0.25, -0.2) is 9.67 Å². The maximum absolute atomic E-state index is 12.8. The lowest BCUT2D eigenvalue weighted by Crippen LogP contribution is -2.49. The van der Waals surface area contributed by atoms with Gasteiger partial charge in [0.05, 0.1) is 17.7 Å². The van der Waals surface area contributed by atoms with E-state index in [2.05, 4.69) is 20.7 Å². The van der Waals surface area contributed by atoms with Crippen LogP contribution in [0.4, 0.5) is 0 Å². The minimum atomic E-state index is -0.433. The second kappa shape index (κ2) is 7.97. The molecular formula is C19H27N5O2. The SMILES string of the molecule is COCC1(C(=O)NCc2ccc(-n3nc(C)cc3C)nc2)CCNCC1. The first-order chi connectivity index (χ1) is 12.5. The van der Waals surface area contributed by atoms with E-state index >= 15 is 0 Å². The molecule has 0 bridgehead atoms. The van der Waals surface area contributed by atoms with Gasteiger partial charge in [0.25, 0.3) is 0 Å². The fourth-order valence-electron chi connectivity index (χ4n) is 3.50. The number of aromatic nitrogens is 3. The van der Waals surface area contributed by atoms with Gasteiger partial charge in [-0.2, -0.15) is 5.10 Å². The quantitative estimate of drug-likeness (QED) is 0.819. The van der Waals surface area contributed by atoms with Gasteiger partial charge < -0.3 is 15.4 Å². The number of nitrogens with zero attached hydrogens (tertiary/aromatic N) is 3. The van der Waals surface area contributed by atoms with Gasteiger partial charge in [-0.05, 0) is 57.5 Å². The Kier molecular flexibility index (Phi) is 5.68. The van der Waals surface area contributed by atoms with E-state index in [-0.39, 0.29) is 5.91 Å². The standard InChI is InChI=1S/C19H27N5O2/c1-14-10-15(2)24(23-14)17-5-4-16(11-21-17)12-22-18(25)19(13-26-3)6-8-20-9-7-19/h4-5,10-11,20H,6-9,12-13H2,1-3H3,(H,22,25). The minimum Gasteiger partial charge on any atom is -0.384 e. The van der Waals surface area contributed by atoms with Crippen molar-refractivity contribution in [3.05, 3.63) is 41.3 Å². The Balaban J connectivity index is 1.64. The van der Waals surface area contributed by atoms with Gasteiger partial charge in [0.2, 0.25) is 5.91 Å². The molecule has 1 aliphatic rings. The minimum absolute atomic E-state index is 0.0588. The van der Waals surface area contributed by atoms with Crippen LogP contribution in [0.3, 0.4) is 0 Å². The van der Waals surface area contributed by atoms with Crippen molar-refractivity contribution in [2.24, 2.45) is 5.41 Å². The lowest BCUT2D eigenvalue weighted by atomic mass is 9.78. The van der Waals surface area contributed by atoms with Crippen LogP contribution < -0.4 is 10.6 Å². The number of hydrogen-bond donors (Lipinski definition) is 2. The van der Waals surface area contributed by atoms with Crippen LogP contribution in [-0.2, 0) is 16.1 Å². The Morgan fingerprint density at radius 2 is 2.12 bits per heavy atom. The molecule has 3 heterocycles. The van der Waals surface area contributed by atoms with Crippen LogP contribution in [0.2, 0.25) is 0 Å². The lowest BCUT2D eigenvalue weighted by Gasteiger charge is -2.35. The summed E-state index contributed by atoms with van der Waals surface area (Å²) in [6.07, 6.45) is 3.38. The maximum Gasteiger partial charge on any atom is 0.228 e. The molecule has 140 valence electrons. The molecule has 1 amide bonds. The molecule has 0 atom stereocenters. The average molecular weight is 357 g/mol. The van der Waals surface area contributed by atoms with Crippen molar-refractivity contribution in [1.82, 2.24) is 25.4 Å². The van der Waals surface area contributed by atoms with Gasteiger partial charge in [-0.1, -0.05) is 6.07 Å². The Morgan fingerprint density at radius 3 is 2.69 bits per heavy atom. The number of methoxy groups -OCH3 is 1. The van der Waals surface area contributed by atoms with E-state index < -0.39 is 5.41 Å². The number of amides is 1. The lowest BCUT2D eigenvalue weighted by molar-refractivity contribution is -0.136. The first kappa shape index (κ1) is 18.5. The van der Waals surface area contributed by atoms with Crippen molar-refractivity contribution in [1.29, 1.82) is 0 Å². The van der Waals surface area contributed by atoms with Gasteiger partial charge in [0.1, 0.15) is 0 Å². The molecule has 0 unspecified atom stereocenters. The number of aryl methyl sites for hydroxylation is 2. The van der Waals surface area contributed by atoms with Gasteiger partial charge in [-0.3, -0.25) is 4.79 Å². The van der Waals surface area contributed by atoms with E-state index in [4.69, 9.17) is 4.74 Å². The second-order valence-corrected chi connectivity index (χ2v) is 7.01. The summed E-state index contributed by atoms with van der Waals surface area (Å²) in [7, 11) is 1.65. The highest BCUT2D eigenvalue weighted by Gasteiger charge is 2.39. The second-order valence-electron chi connectivity index (χ2n) is 7.01. The van der Waals surface area contributed by atoms with Crippen LogP contribution in [0.25, 0.3) is 5.82 Å². The molecular weight excluding hydrogens is 330 g/mol. The summed E-state index contributed by atoms with van der Waals surface area (Å²) >= 11 is 0. The molecule has 0 saturated carbocycles. The third-order valence-corrected chi connectivity index (χ3v) is 4.95. The molecule has 0 aromatic carbocycles. The van der Waals surface area contributed by atoms with Gasteiger partial charge >= 0.3 is 0 Å². The normalized spacial score (nSPS) is 16.4. The molecule has 7 heteroatoms. The Bertz CT molecular complexity index is 742. The van der Waals surface area contributed by atoms with E-state index in [1.807, 2.05) is 36.7 Å². The first-order valence-corrected chi connectivity index (χ1v) is 9.01. The summed E-state index contributed by atoms with van der Waals surface area (Å²) in [5.74, 6) is 0.836. The predicted molar refractivity (Wildman–Crippen MR) is 99.1 cm³/mol. The summed E-state index contributed by atoms with van der Waals surface area (Å²) in [5.41, 5.74) is 2.54. The van der Waals surface area contributed by atoms with Crippen LogP contribution in [0.5, 0.6) is 0 Å². The number of ether oxygens (including phenoxy) is 1. The molecule has 1 saturated heterocycles. The zero-order chi connectivity index (χ0) is 18.6. The van der Waals surface area contributed by atoms with Crippen LogP contribution in [-0.4, -0.2) is 47.5 Å². The van der Waals surface area contributed by atoms with Gasteiger partial charge in [0, 0.05) is 25.5 Å². The van der Waals surface area contributed by atoms with E-state index in [1.54, 1.807) is 13.3 Å². The average Bonchev–Trinajstić information content (AvgIpc) is 2.99. The molecule has 0 aliphatic carbocycles. The summed E-state index contributed by atoms with van der Waals surface area (Å²) in [6.45, 7) is 6.57. The molecule has 0 radical (unpaired) electrons. The van der Waals surface area contributed by atoms with Crippen molar-refractivity contribution in [2.45, 2.75) is 33.2 Å². The molecule has 26 heavy (non-hydrogen) atoms. The summed E-state index contributed by atoms with van der Waals surface area (Å²) in [5, 5.41) is 10.8. The maximum atomic E-state index is 12.8. The zero-order valence-corrected chi connectivity index (χ0v) is 15.7. The Hall–Kier alpha value is -2.25. The van der Waals surface area contributed by atoms with Gasteiger partial charge in [-0.15, -0.1) is 0 Å². The highest BCUT2D eigenvalue weighted by Crippen LogP contribution is 2.29. The number of rotatable bonds is 6. The number of nitrogens with one attached hydrogen (secondary N) is 2. The van der Waals surface area contributed by atoms with E-state index in [0.717, 1.165) is 48.7 Å². The fraction of sp³-hybridized carbons (Fsp3) is 0.526. The fourth-order valence-corrected chi connectivity index (χ4v) is 3.50. The molecule has 1 fully saturated rings. The Morgan fingerprint density at radius 1 is 1.35 bits per heavy atom. The molecule has 1 aliphatic heterocycles. The molecule has 0 spiro atoms. The van der Waals surface area contributed by atoms with Crippen molar-refractivity contribution >= 4 is 5.91 Å². The van der Waals surface area contributed by atoms with Crippen molar-refractivity contribution in [2.75, 3.05) is 26.8 Å². The van der Waals surface area contributed by atoms with Crippen LogP contribution in [0.1, 0.15) is 29.8 Å². The third-order valence-electron chi connectivity index (χ3n) is 4.95. The zero-order valence-electron chi connectivity index (χ0n) is 15.7. The number of piperidine rings is 1. The van der Waals surface area contributed by atoms with Gasteiger partial charge in [0.15, 0.2) is 5.82 Å². The monoisotopic (exact) mass is 357 g/mol. The smallest absolute Gasteiger partial charge is 0.228 e. The molecule has 2 aromatic heterocycles. The predicted octanol–water partition coefficient (Wildman–Crippen LogP) is 1.52. The molecule has 2 N–H and O–H groups in total. The van der Waals surface area contributed by atoms with Crippen molar-refractivity contribution < 1.29 is 9.53 Å². The van der Waals surface area contributed by atoms with E-state index in [9.17, 15) is 4.79 Å². The molecule has 7 nitrogen and oxygen atoms in total. The highest BCUT2D eigenvalue weighted by molar-refractivity contribution is 5.83. The first-order valence-electron chi connectivity index (χ1n) is 9.01. The van der Waals surface area contributed by atoms with Crippen LogP contribution in [0.15, 0.2) is 24.4 Å².